The van der Waals surface area contributed by atoms with Crippen LogP contribution in [0, 0.1) is 5.92 Å². The Labute approximate surface area is 82.2 Å². The second-order valence-electron chi connectivity index (χ2n) is 3.85. The molecule has 2 N–H and O–H groups in total. The zero-order valence-corrected chi connectivity index (χ0v) is 8.32. The van der Waals surface area contributed by atoms with Gasteiger partial charge in [-0.3, -0.25) is 0 Å². The van der Waals surface area contributed by atoms with Crippen molar-refractivity contribution in [1.29, 1.82) is 0 Å². The maximum atomic E-state index is 11.7. The maximum Gasteiger partial charge on any atom is 0.355 e. The highest BCUT2D eigenvalue weighted by Gasteiger charge is 2.62. The third-order valence-electron chi connectivity index (χ3n) is 3.18. The quantitative estimate of drug-likeness (QED) is 0.604. The van der Waals surface area contributed by atoms with Crippen LogP contribution in [0.5, 0.6) is 0 Å². The fraction of sp³-hybridized carbons (Fsp3) is 0.778. The van der Waals surface area contributed by atoms with Gasteiger partial charge in [-0.15, -0.1) is 0 Å². The molecule has 0 spiro atoms. The predicted octanol–water partition coefficient (Wildman–Crippen LogP) is 0.0416. The number of hydrogen-bond acceptors (Lipinski definition) is 5. The van der Waals surface area contributed by atoms with Gasteiger partial charge in [-0.1, -0.05) is 5.16 Å². The van der Waals surface area contributed by atoms with Crippen molar-refractivity contribution in [3.05, 3.63) is 0 Å². The van der Waals surface area contributed by atoms with Gasteiger partial charge in [0.15, 0.2) is 0 Å². The monoisotopic (exact) mass is 198 g/mol. The van der Waals surface area contributed by atoms with Gasteiger partial charge in [0.05, 0.1) is 24.8 Å². The van der Waals surface area contributed by atoms with Crippen LogP contribution >= 0.6 is 0 Å². The number of oxime groups is 1. The Hall–Kier alpha value is -1.10. The molecule has 1 fully saturated rings. The minimum atomic E-state index is -1.04. The molecule has 1 aliphatic heterocycles. The summed E-state index contributed by atoms with van der Waals surface area (Å²) in [5.41, 5.74) is 5.69. The first kappa shape index (κ1) is 9.45. The third kappa shape index (κ3) is 0.930. The topological polar surface area (TPSA) is 73.9 Å². The van der Waals surface area contributed by atoms with Gasteiger partial charge in [-0.25, -0.2) is 4.79 Å². The van der Waals surface area contributed by atoms with Gasteiger partial charge in [0.2, 0.25) is 0 Å². The van der Waals surface area contributed by atoms with Crippen LogP contribution in [0.15, 0.2) is 5.16 Å². The Morgan fingerprint density at radius 2 is 2.43 bits per heavy atom. The summed E-state index contributed by atoms with van der Waals surface area (Å²) >= 11 is 0. The van der Waals surface area contributed by atoms with Crippen LogP contribution in [-0.4, -0.2) is 30.4 Å². The Balaban J connectivity index is 2.36. The summed E-state index contributed by atoms with van der Waals surface area (Å²) in [6.45, 7) is 1.85. The van der Waals surface area contributed by atoms with Crippen molar-refractivity contribution in [1.82, 2.24) is 0 Å². The standard InChI is InChI=1S/C9H14N2O3/c1-5-6-3-4-7(10)9(6,14-11-5)8(12)13-2/h6-7H,3-4,10H2,1-2H3. The SMILES string of the molecule is COC(=O)C12ON=C(C)C1CCC2N. The number of carbonyl (C=O) groups is 1. The number of methoxy groups -OCH3 is 1. The molecule has 78 valence electrons. The van der Waals surface area contributed by atoms with Gasteiger partial charge < -0.3 is 15.3 Å². The minimum Gasteiger partial charge on any atom is -0.466 e. The van der Waals surface area contributed by atoms with E-state index in [-0.39, 0.29) is 12.0 Å². The van der Waals surface area contributed by atoms with Crippen molar-refractivity contribution >= 4 is 11.7 Å². The fourth-order valence-electron chi connectivity index (χ4n) is 2.39. The van der Waals surface area contributed by atoms with Crippen molar-refractivity contribution in [3.63, 3.8) is 0 Å². The number of ether oxygens (including phenoxy) is 1. The van der Waals surface area contributed by atoms with Gasteiger partial charge in [0.25, 0.3) is 5.60 Å². The molecule has 2 rings (SSSR count). The molecule has 0 saturated heterocycles. The predicted molar refractivity (Wildman–Crippen MR) is 49.6 cm³/mol. The van der Waals surface area contributed by atoms with Gasteiger partial charge in [-0.05, 0) is 19.8 Å². The average Bonchev–Trinajstić information content (AvgIpc) is 2.68. The molecule has 0 aromatic rings. The van der Waals surface area contributed by atoms with Crippen molar-refractivity contribution in [2.24, 2.45) is 16.8 Å². The van der Waals surface area contributed by atoms with E-state index in [9.17, 15) is 4.79 Å². The number of rotatable bonds is 1. The molecule has 0 bridgehead atoms. The molecule has 0 radical (unpaired) electrons. The van der Waals surface area contributed by atoms with E-state index in [2.05, 4.69) is 5.16 Å². The average molecular weight is 198 g/mol. The van der Waals surface area contributed by atoms with Gasteiger partial charge in [0, 0.05) is 0 Å². The lowest BCUT2D eigenvalue weighted by Gasteiger charge is -2.27. The Bertz CT molecular complexity index is 302. The third-order valence-corrected chi connectivity index (χ3v) is 3.18. The summed E-state index contributed by atoms with van der Waals surface area (Å²) in [5.74, 6) is -0.418. The van der Waals surface area contributed by atoms with Crippen molar-refractivity contribution in [3.8, 4) is 0 Å². The van der Waals surface area contributed by atoms with Crippen LogP contribution in [0.3, 0.4) is 0 Å². The number of fused-ring (bicyclic) bond motifs is 1. The van der Waals surface area contributed by atoms with Crippen LogP contribution in [0.4, 0.5) is 0 Å². The molecule has 2 aliphatic rings. The Morgan fingerprint density at radius 3 is 3.07 bits per heavy atom. The molecule has 5 heteroatoms. The summed E-state index contributed by atoms with van der Waals surface area (Å²) < 4.78 is 4.74. The maximum absolute atomic E-state index is 11.7. The van der Waals surface area contributed by atoms with Gasteiger partial charge in [0.1, 0.15) is 0 Å². The second-order valence-corrected chi connectivity index (χ2v) is 3.85. The summed E-state index contributed by atoms with van der Waals surface area (Å²) in [7, 11) is 1.34. The lowest BCUT2D eigenvalue weighted by atomic mass is 9.86. The van der Waals surface area contributed by atoms with Crippen LogP contribution in [0.2, 0.25) is 0 Å². The molecule has 0 aromatic heterocycles. The van der Waals surface area contributed by atoms with Crippen molar-refractivity contribution in [2.75, 3.05) is 7.11 Å². The first-order valence-electron chi connectivity index (χ1n) is 4.69. The molecule has 0 aromatic carbocycles. The molecular formula is C9H14N2O3. The fourth-order valence-corrected chi connectivity index (χ4v) is 2.39. The molecule has 0 amide bonds. The molecule has 3 atom stereocenters. The summed E-state index contributed by atoms with van der Waals surface area (Å²) in [6.07, 6.45) is 1.61. The molecular weight excluding hydrogens is 184 g/mol. The molecule has 1 heterocycles. The van der Waals surface area contributed by atoms with Crippen molar-refractivity contribution in [2.45, 2.75) is 31.4 Å². The zero-order valence-electron chi connectivity index (χ0n) is 8.32. The molecule has 14 heavy (non-hydrogen) atoms. The largest absolute Gasteiger partial charge is 0.466 e. The normalized spacial score (nSPS) is 40.1. The van der Waals surface area contributed by atoms with E-state index in [1.54, 1.807) is 0 Å². The van der Waals surface area contributed by atoms with Crippen LogP contribution in [0.25, 0.3) is 0 Å². The smallest absolute Gasteiger partial charge is 0.355 e. The number of nitrogens with two attached hydrogens (primary N) is 1. The number of carbonyl (C=O) groups excluding carboxylic acids is 1. The molecule has 5 nitrogen and oxygen atoms in total. The number of nitrogens with zero attached hydrogens (tertiary/aromatic N) is 1. The van der Waals surface area contributed by atoms with E-state index in [0.717, 1.165) is 18.6 Å². The Morgan fingerprint density at radius 1 is 1.71 bits per heavy atom. The van der Waals surface area contributed by atoms with E-state index in [1.165, 1.54) is 7.11 Å². The molecule has 3 unspecified atom stereocenters. The second kappa shape index (κ2) is 2.95. The van der Waals surface area contributed by atoms with E-state index in [4.69, 9.17) is 15.3 Å². The summed E-state index contributed by atoms with van der Waals surface area (Å²) in [6, 6.07) is -0.318. The lowest BCUT2D eigenvalue weighted by Crippen LogP contribution is -2.55. The van der Waals surface area contributed by atoms with E-state index >= 15 is 0 Å². The zero-order chi connectivity index (χ0) is 10.3. The first-order chi connectivity index (χ1) is 6.63. The lowest BCUT2D eigenvalue weighted by molar-refractivity contribution is -0.170. The highest BCUT2D eigenvalue weighted by atomic mass is 16.7. The highest BCUT2D eigenvalue weighted by Crippen LogP contribution is 2.43. The number of hydrogen-bond donors (Lipinski definition) is 1. The van der Waals surface area contributed by atoms with Crippen LogP contribution in [-0.2, 0) is 14.4 Å². The highest BCUT2D eigenvalue weighted by molar-refractivity contribution is 5.95. The minimum absolute atomic E-state index is 0.00931. The van der Waals surface area contributed by atoms with Crippen molar-refractivity contribution < 1.29 is 14.4 Å². The van der Waals surface area contributed by atoms with E-state index in [0.29, 0.717) is 0 Å². The van der Waals surface area contributed by atoms with E-state index in [1.807, 2.05) is 6.92 Å². The summed E-state index contributed by atoms with van der Waals surface area (Å²) in [5, 5.41) is 3.85. The Kier molecular flexibility index (Phi) is 1.99. The van der Waals surface area contributed by atoms with E-state index < -0.39 is 11.6 Å². The molecule has 1 aliphatic carbocycles. The number of esters is 1. The molecule has 1 saturated carbocycles. The summed E-state index contributed by atoms with van der Waals surface area (Å²) in [4.78, 5) is 16.9. The van der Waals surface area contributed by atoms with Crippen LogP contribution < -0.4 is 5.73 Å². The van der Waals surface area contributed by atoms with Gasteiger partial charge in [-0.2, -0.15) is 0 Å². The van der Waals surface area contributed by atoms with Crippen LogP contribution in [0.1, 0.15) is 19.8 Å². The first-order valence-corrected chi connectivity index (χ1v) is 4.69. The van der Waals surface area contributed by atoms with Gasteiger partial charge >= 0.3 is 5.97 Å².